The molecule has 0 saturated carbocycles. The zero-order chi connectivity index (χ0) is 14.7. The zero-order valence-corrected chi connectivity index (χ0v) is 11.9. The molecule has 1 aromatic carbocycles. The molecule has 6 heteroatoms. The Balaban J connectivity index is 2.11. The van der Waals surface area contributed by atoms with Crippen molar-refractivity contribution in [1.82, 2.24) is 0 Å². The van der Waals surface area contributed by atoms with E-state index in [1.54, 1.807) is 23.1 Å². The van der Waals surface area contributed by atoms with E-state index in [1.807, 2.05) is 0 Å². The molecular formula is C14H15ClN2O3. The van der Waals surface area contributed by atoms with Crippen LogP contribution >= 0.6 is 11.6 Å². The highest BCUT2D eigenvalue weighted by atomic mass is 35.5. The summed E-state index contributed by atoms with van der Waals surface area (Å²) >= 11 is 6.15. The maximum atomic E-state index is 11.7. The van der Waals surface area contributed by atoms with Gasteiger partial charge in [0.1, 0.15) is 5.78 Å². The summed E-state index contributed by atoms with van der Waals surface area (Å²) in [6.07, 6.45) is 1.20. The van der Waals surface area contributed by atoms with Crippen molar-refractivity contribution in [1.29, 1.82) is 0 Å². The van der Waals surface area contributed by atoms with Gasteiger partial charge in [0.05, 0.1) is 17.1 Å². The summed E-state index contributed by atoms with van der Waals surface area (Å²) in [6.45, 7) is 2.02. The van der Waals surface area contributed by atoms with E-state index in [4.69, 9.17) is 11.6 Å². The average Bonchev–Trinajstić information content (AvgIpc) is 2.74. The first-order valence-corrected chi connectivity index (χ1v) is 6.74. The second-order valence-corrected chi connectivity index (χ2v) is 5.15. The summed E-state index contributed by atoms with van der Waals surface area (Å²) in [5, 5.41) is 3.00. The number of amides is 2. The number of halogens is 1. The number of nitrogens with zero attached hydrogens (tertiary/aromatic N) is 1. The van der Waals surface area contributed by atoms with Crippen LogP contribution in [0.4, 0.5) is 11.4 Å². The van der Waals surface area contributed by atoms with E-state index < -0.39 is 0 Å². The third-order valence-corrected chi connectivity index (χ3v) is 3.31. The fourth-order valence-corrected chi connectivity index (χ4v) is 2.42. The van der Waals surface area contributed by atoms with Crippen molar-refractivity contribution in [3.05, 3.63) is 23.2 Å². The van der Waals surface area contributed by atoms with E-state index in [0.29, 0.717) is 29.4 Å². The first kappa shape index (κ1) is 14.5. The van der Waals surface area contributed by atoms with Crippen molar-refractivity contribution in [3.8, 4) is 0 Å². The Morgan fingerprint density at radius 2 is 2.15 bits per heavy atom. The minimum absolute atomic E-state index is 0.0558. The molecule has 0 atom stereocenters. The van der Waals surface area contributed by atoms with Gasteiger partial charge < -0.3 is 10.2 Å². The lowest BCUT2D eigenvalue weighted by Gasteiger charge is -2.18. The number of rotatable bonds is 4. The molecule has 2 amide bonds. The third kappa shape index (κ3) is 3.36. The number of anilines is 2. The molecule has 5 nitrogen and oxygen atoms in total. The van der Waals surface area contributed by atoms with Gasteiger partial charge in [-0.2, -0.15) is 0 Å². The van der Waals surface area contributed by atoms with E-state index in [2.05, 4.69) is 5.32 Å². The van der Waals surface area contributed by atoms with Crippen LogP contribution in [0.1, 0.15) is 26.2 Å². The molecule has 1 aliphatic rings. The van der Waals surface area contributed by atoms with E-state index in [0.717, 1.165) is 6.42 Å². The van der Waals surface area contributed by atoms with E-state index in [-0.39, 0.29) is 24.0 Å². The molecule has 1 fully saturated rings. The highest BCUT2D eigenvalue weighted by Gasteiger charge is 2.23. The topological polar surface area (TPSA) is 66.5 Å². The Bertz CT molecular complexity index is 572. The van der Waals surface area contributed by atoms with Gasteiger partial charge in [-0.05, 0) is 31.5 Å². The highest BCUT2D eigenvalue weighted by molar-refractivity contribution is 6.34. The smallest absolute Gasteiger partial charge is 0.231 e. The second-order valence-electron chi connectivity index (χ2n) is 4.74. The minimum Gasteiger partial charge on any atom is -0.326 e. The summed E-state index contributed by atoms with van der Waals surface area (Å²) in [5.41, 5.74) is 1.16. The number of hydrogen-bond acceptors (Lipinski definition) is 3. The van der Waals surface area contributed by atoms with Gasteiger partial charge in [-0.15, -0.1) is 0 Å². The van der Waals surface area contributed by atoms with Crippen molar-refractivity contribution < 1.29 is 14.4 Å². The molecule has 0 bridgehead atoms. The lowest BCUT2D eigenvalue weighted by molar-refractivity contribution is -0.124. The van der Waals surface area contributed by atoms with Crippen molar-refractivity contribution in [2.75, 3.05) is 16.8 Å². The molecule has 1 aromatic rings. The fourth-order valence-electron chi connectivity index (χ4n) is 2.14. The van der Waals surface area contributed by atoms with Gasteiger partial charge in [-0.1, -0.05) is 11.6 Å². The zero-order valence-electron chi connectivity index (χ0n) is 11.1. The predicted molar refractivity (Wildman–Crippen MR) is 77.0 cm³/mol. The van der Waals surface area contributed by atoms with Gasteiger partial charge in [0.25, 0.3) is 0 Å². The quantitative estimate of drug-likeness (QED) is 0.867. The molecule has 1 aliphatic heterocycles. The van der Waals surface area contributed by atoms with Gasteiger partial charge >= 0.3 is 0 Å². The first-order valence-electron chi connectivity index (χ1n) is 6.36. The molecule has 1 heterocycles. The lowest BCUT2D eigenvalue weighted by Crippen LogP contribution is -2.24. The van der Waals surface area contributed by atoms with Crippen molar-refractivity contribution in [3.63, 3.8) is 0 Å². The highest BCUT2D eigenvalue weighted by Crippen LogP contribution is 2.31. The monoisotopic (exact) mass is 294 g/mol. The molecule has 20 heavy (non-hydrogen) atoms. The van der Waals surface area contributed by atoms with E-state index in [1.165, 1.54) is 6.92 Å². The maximum Gasteiger partial charge on any atom is 0.231 e. The number of hydrogen-bond donors (Lipinski definition) is 1. The van der Waals surface area contributed by atoms with Gasteiger partial charge in [0.2, 0.25) is 11.8 Å². The summed E-state index contributed by atoms with van der Waals surface area (Å²) in [6, 6.07) is 4.96. The number of benzene rings is 1. The van der Waals surface area contributed by atoms with Crippen LogP contribution < -0.4 is 10.2 Å². The van der Waals surface area contributed by atoms with Crippen LogP contribution in [-0.2, 0) is 14.4 Å². The summed E-state index contributed by atoms with van der Waals surface area (Å²) in [5.74, 6) is -0.522. The molecule has 2 rings (SSSR count). The van der Waals surface area contributed by atoms with Crippen molar-refractivity contribution in [2.45, 2.75) is 26.2 Å². The largest absolute Gasteiger partial charge is 0.326 e. The number of nitrogens with one attached hydrogen (secondary N) is 1. The van der Waals surface area contributed by atoms with Crippen molar-refractivity contribution >= 4 is 40.6 Å². The molecule has 106 valence electrons. The van der Waals surface area contributed by atoms with Gasteiger partial charge in [0.15, 0.2) is 0 Å². The molecular weight excluding hydrogens is 280 g/mol. The van der Waals surface area contributed by atoms with Gasteiger partial charge in [-0.25, -0.2) is 0 Å². The lowest BCUT2D eigenvalue weighted by atomic mass is 10.2. The van der Waals surface area contributed by atoms with Crippen LogP contribution in [-0.4, -0.2) is 24.1 Å². The first-order chi connectivity index (χ1) is 9.47. The fraction of sp³-hybridized carbons (Fsp3) is 0.357. The van der Waals surface area contributed by atoms with Crippen LogP contribution in [0.3, 0.4) is 0 Å². The second kappa shape index (κ2) is 6.05. The predicted octanol–water partition coefficient (Wildman–Crippen LogP) is 2.38. The van der Waals surface area contributed by atoms with Crippen LogP contribution in [0.2, 0.25) is 5.02 Å². The Kier molecular flexibility index (Phi) is 4.39. The molecule has 0 unspecified atom stereocenters. The number of carbonyl (C=O) groups is 3. The summed E-state index contributed by atoms with van der Waals surface area (Å²) < 4.78 is 0. The van der Waals surface area contributed by atoms with E-state index >= 15 is 0 Å². The molecule has 0 aromatic heterocycles. The van der Waals surface area contributed by atoms with Crippen molar-refractivity contribution in [2.24, 2.45) is 0 Å². The van der Waals surface area contributed by atoms with E-state index in [9.17, 15) is 14.4 Å². The van der Waals surface area contributed by atoms with Crippen LogP contribution in [0.25, 0.3) is 0 Å². The average molecular weight is 295 g/mol. The number of Topliss-reactive ketones (excluding diaryl/α,β-unsaturated/α-hetero) is 1. The standard InChI is InChI=1S/C14H15ClN2O3/c1-9(18)7-13(19)16-10-4-5-12(11(15)8-10)17-6-2-3-14(17)20/h4-5,8H,2-3,6-7H2,1H3,(H,16,19). The Morgan fingerprint density at radius 3 is 2.70 bits per heavy atom. The third-order valence-electron chi connectivity index (χ3n) is 3.01. The summed E-state index contributed by atoms with van der Waals surface area (Å²) in [4.78, 5) is 35.6. The van der Waals surface area contributed by atoms with Crippen LogP contribution in [0.15, 0.2) is 18.2 Å². The Labute approximate surface area is 121 Å². The van der Waals surface area contributed by atoms with Gasteiger partial charge in [-0.3, -0.25) is 14.4 Å². The molecule has 0 spiro atoms. The number of carbonyl (C=O) groups excluding carboxylic acids is 3. The normalized spacial score (nSPS) is 14.5. The molecule has 1 N–H and O–H groups in total. The Morgan fingerprint density at radius 1 is 1.40 bits per heavy atom. The molecule has 1 saturated heterocycles. The number of ketones is 1. The maximum absolute atomic E-state index is 11.7. The SMILES string of the molecule is CC(=O)CC(=O)Nc1ccc(N2CCCC2=O)c(Cl)c1. The molecule has 0 radical (unpaired) electrons. The summed E-state index contributed by atoms with van der Waals surface area (Å²) in [7, 11) is 0. The van der Waals surface area contributed by atoms with Crippen LogP contribution in [0.5, 0.6) is 0 Å². The minimum atomic E-state index is -0.376. The van der Waals surface area contributed by atoms with Crippen LogP contribution in [0, 0.1) is 0 Å². The Hall–Kier alpha value is -1.88. The molecule has 0 aliphatic carbocycles. The van der Waals surface area contributed by atoms with Gasteiger partial charge in [0, 0.05) is 18.7 Å².